The number of aromatic nitrogens is 2. The van der Waals surface area contributed by atoms with Crippen LogP contribution in [0.1, 0.15) is 0 Å². The number of nitrogens with zero attached hydrogens (tertiary/aromatic N) is 4. The molecule has 0 atom stereocenters. The van der Waals surface area contributed by atoms with Gasteiger partial charge < -0.3 is 18.9 Å². The largest absolute Gasteiger partial charge is 0.310 e. The first kappa shape index (κ1) is 40.9. The van der Waals surface area contributed by atoms with Crippen LogP contribution in [0.5, 0.6) is 0 Å². The molecule has 330 valence electrons. The molecule has 0 aliphatic carbocycles. The highest BCUT2D eigenvalue weighted by molar-refractivity contribution is 6.12. The summed E-state index contributed by atoms with van der Waals surface area (Å²) in [5.41, 5.74) is 18.3. The number of hydrogen-bond donors (Lipinski definition) is 0. The van der Waals surface area contributed by atoms with Crippen molar-refractivity contribution in [2.24, 2.45) is 0 Å². The van der Waals surface area contributed by atoms with Crippen LogP contribution in [-0.2, 0) is 0 Å². The van der Waals surface area contributed by atoms with E-state index in [2.05, 4.69) is 298 Å². The van der Waals surface area contributed by atoms with Gasteiger partial charge in [-0.15, -0.1) is 0 Å². The molecule has 0 aliphatic heterocycles. The summed E-state index contributed by atoms with van der Waals surface area (Å²) in [6, 6.07) is 101. The molecule has 0 saturated heterocycles. The van der Waals surface area contributed by atoms with E-state index < -0.39 is 0 Å². The van der Waals surface area contributed by atoms with Crippen molar-refractivity contribution in [3.8, 4) is 33.6 Å². The number of benzene rings is 11. The quantitative estimate of drug-likeness (QED) is 0.136. The van der Waals surface area contributed by atoms with Crippen molar-refractivity contribution < 1.29 is 0 Å². The van der Waals surface area contributed by atoms with Crippen LogP contribution in [0, 0.1) is 0 Å². The Bertz CT molecular complexity index is 3990. The van der Waals surface area contributed by atoms with E-state index in [1.807, 2.05) is 0 Å². The zero-order valence-electron chi connectivity index (χ0n) is 38.3. The molecule has 0 fully saturated rings. The second kappa shape index (κ2) is 17.4. The summed E-state index contributed by atoms with van der Waals surface area (Å²) in [5, 5.41) is 4.89. The van der Waals surface area contributed by atoms with E-state index in [-0.39, 0.29) is 0 Å². The summed E-state index contributed by atoms with van der Waals surface area (Å²) >= 11 is 0. The standard InChI is InChI=1S/C66H46N4/c1-5-22-51(23-6-1)67(57-39-41-65-61(45-57)59-31-13-15-33-63(59)69(65)53-26-9-3-10-27-53)55-37-35-47(36-38-55)48-19-17-20-49(43-48)50-21-18-30-56(44-50)68(52-24-7-2-8-25-52)58-40-42-66-62(46-58)60-32-14-16-34-64(60)70(66)54-28-11-4-12-29-54/h1-46H. The maximum absolute atomic E-state index is 2.37. The number of para-hydroxylation sites is 6. The lowest BCUT2D eigenvalue weighted by Crippen LogP contribution is -2.10. The Morgan fingerprint density at radius 3 is 1.06 bits per heavy atom. The topological polar surface area (TPSA) is 16.3 Å². The Labute approximate surface area is 407 Å². The second-order valence-electron chi connectivity index (χ2n) is 17.8. The molecule has 0 bridgehead atoms. The van der Waals surface area contributed by atoms with Crippen LogP contribution in [0.2, 0.25) is 0 Å². The highest BCUT2D eigenvalue weighted by Gasteiger charge is 2.20. The fourth-order valence-corrected chi connectivity index (χ4v) is 10.5. The average molecular weight is 895 g/mol. The molecule has 0 unspecified atom stereocenters. The van der Waals surface area contributed by atoms with Crippen molar-refractivity contribution in [3.63, 3.8) is 0 Å². The van der Waals surface area contributed by atoms with E-state index in [1.54, 1.807) is 0 Å². The van der Waals surface area contributed by atoms with Crippen molar-refractivity contribution in [1.82, 2.24) is 9.13 Å². The summed E-state index contributed by atoms with van der Waals surface area (Å²) in [6.45, 7) is 0. The molecule has 13 aromatic rings. The molecule has 0 saturated carbocycles. The van der Waals surface area contributed by atoms with Gasteiger partial charge >= 0.3 is 0 Å². The number of anilines is 6. The van der Waals surface area contributed by atoms with Gasteiger partial charge in [0, 0.05) is 67.0 Å². The highest BCUT2D eigenvalue weighted by atomic mass is 15.1. The van der Waals surface area contributed by atoms with Gasteiger partial charge in [0.25, 0.3) is 0 Å². The first-order valence-corrected chi connectivity index (χ1v) is 23.9. The van der Waals surface area contributed by atoms with E-state index in [9.17, 15) is 0 Å². The van der Waals surface area contributed by atoms with Crippen molar-refractivity contribution in [2.45, 2.75) is 0 Å². The lowest BCUT2D eigenvalue weighted by molar-refractivity contribution is 1.18. The van der Waals surface area contributed by atoms with E-state index >= 15 is 0 Å². The normalized spacial score (nSPS) is 11.4. The third-order valence-electron chi connectivity index (χ3n) is 13.6. The smallest absolute Gasteiger partial charge is 0.0542 e. The van der Waals surface area contributed by atoms with Crippen molar-refractivity contribution in [2.75, 3.05) is 9.80 Å². The summed E-state index contributed by atoms with van der Waals surface area (Å²) in [5.74, 6) is 0. The van der Waals surface area contributed by atoms with E-state index in [4.69, 9.17) is 0 Å². The molecule has 0 spiro atoms. The molecule has 4 heteroatoms. The third kappa shape index (κ3) is 7.18. The van der Waals surface area contributed by atoms with Gasteiger partial charge in [-0.25, -0.2) is 0 Å². The summed E-state index contributed by atoms with van der Waals surface area (Å²) in [6.07, 6.45) is 0. The van der Waals surface area contributed by atoms with Crippen LogP contribution in [0.3, 0.4) is 0 Å². The van der Waals surface area contributed by atoms with Crippen LogP contribution in [0.25, 0.3) is 77.2 Å². The molecule has 0 amide bonds. The molecule has 0 radical (unpaired) electrons. The van der Waals surface area contributed by atoms with Gasteiger partial charge in [-0.05, 0) is 150 Å². The minimum Gasteiger partial charge on any atom is -0.310 e. The number of fused-ring (bicyclic) bond motifs is 6. The molecule has 0 N–H and O–H groups in total. The van der Waals surface area contributed by atoms with Gasteiger partial charge in [0.05, 0.1) is 22.1 Å². The third-order valence-corrected chi connectivity index (χ3v) is 13.6. The Morgan fingerprint density at radius 1 is 0.200 bits per heavy atom. The lowest BCUT2D eigenvalue weighted by Gasteiger charge is -2.26. The molecule has 11 aromatic carbocycles. The molecule has 0 aliphatic rings. The van der Waals surface area contributed by atoms with E-state index in [0.29, 0.717) is 0 Å². The van der Waals surface area contributed by atoms with E-state index in [1.165, 1.54) is 43.6 Å². The highest BCUT2D eigenvalue weighted by Crippen LogP contribution is 2.43. The lowest BCUT2D eigenvalue weighted by atomic mass is 9.98. The predicted octanol–water partition coefficient (Wildman–Crippen LogP) is 18.2. The SMILES string of the molecule is c1ccc(N(c2ccc(-c3cccc(-c4cccc(N(c5ccccc5)c5ccc6c(c5)c5ccccc5n6-c5ccccc5)c4)c3)cc2)c2ccc3c(c2)c2ccccc2n3-c2ccccc2)cc1. The van der Waals surface area contributed by atoms with Crippen molar-refractivity contribution >= 4 is 77.7 Å². The molecular weight excluding hydrogens is 849 g/mol. The zero-order valence-corrected chi connectivity index (χ0v) is 38.3. The average Bonchev–Trinajstić information content (AvgIpc) is 3.95. The van der Waals surface area contributed by atoms with Crippen molar-refractivity contribution in [3.05, 3.63) is 279 Å². The Balaban J connectivity index is 0.852. The zero-order chi connectivity index (χ0) is 46.4. The Hall–Kier alpha value is -9.38. The van der Waals surface area contributed by atoms with Crippen LogP contribution >= 0.6 is 0 Å². The molecule has 13 rings (SSSR count). The van der Waals surface area contributed by atoms with Gasteiger partial charge in [0.1, 0.15) is 0 Å². The van der Waals surface area contributed by atoms with Gasteiger partial charge in [-0.2, -0.15) is 0 Å². The van der Waals surface area contributed by atoms with Crippen LogP contribution in [0.15, 0.2) is 279 Å². The molecular formula is C66H46N4. The second-order valence-corrected chi connectivity index (χ2v) is 17.8. The first-order valence-electron chi connectivity index (χ1n) is 23.9. The van der Waals surface area contributed by atoms with Crippen LogP contribution in [-0.4, -0.2) is 9.13 Å². The maximum Gasteiger partial charge on any atom is 0.0542 e. The van der Waals surface area contributed by atoms with Gasteiger partial charge in [0.15, 0.2) is 0 Å². The number of rotatable bonds is 10. The maximum atomic E-state index is 2.37. The minimum absolute atomic E-state index is 1.09. The van der Waals surface area contributed by atoms with E-state index in [0.717, 1.165) is 67.8 Å². The predicted molar refractivity (Wildman–Crippen MR) is 295 cm³/mol. The summed E-state index contributed by atoms with van der Waals surface area (Å²) in [7, 11) is 0. The number of hydrogen-bond acceptors (Lipinski definition) is 2. The molecule has 2 aromatic heterocycles. The van der Waals surface area contributed by atoms with Gasteiger partial charge in [0.2, 0.25) is 0 Å². The van der Waals surface area contributed by atoms with Crippen molar-refractivity contribution in [1.29, 1.82) is 0 Å². The summed E-state index contributed by atoms with van der Waals surface area (Å²) in [4.78, 5) is 4.73. The fourth-order valence-electron chi connectivity index (χ4n) is 10.5. The monoisotopic (exact) mass is 894 g/mol. The summed E-state index contributed by atoms with van der Waals surface area (Å²) < 4.78 is 4.74. The molecule has 4 nitrogen and oxygen atoms in total. The fraction of sp³-hybridized carbons (Fsp3) is 0. The first-order chi connectivity index (χ1) is 34.7. The molecule has 70 heavy (non-hydrogen) atoms. The minimum atomic E-state index is 1.09. The Kier molecular flexibility index (Phi) is 10.1. The van der Waals surface area contributed by atoms with Gasteiger partial charge in [-0.1, -0.05) is 152 Å². The molecule has 2 heterocycles. The Morgan fingerprint density at radius 2 is 0.543 bits per heavy atom. The van der Waals surface area contributed by atoms with Crippen LogP contribution in [0.4, 0.5) is 34.1 Å². The van der Waals surface area contributed by atoms with Crippen LogP contribution < -0.4 is 9.80 Å². The van der Waals surface area contributed by atoms with Gasteiger partial charge in [-0.3, -0.25) is 0 Å².